The van der Waals surface area contributed by atoms with Crippen molar-refractivity contribution >= 4 is 107 Å². The van der Waals surface area contributed by atoms with E-state index in [0.717, 1.165) is 42.2 Å². The van der Waals surface area contributed by atoms with Gasteiger partial charge in [0.05, 0.1) is 0 Å². The molecular formula is C84H144O4S2Sn2. The Bertz CT molecular complexity index is 2610. The van der Waals surface area contributed by atoms with Crippen LogP contribution in [0.3, 0.4) is 0 Å². The number of thiophene rings is 1. The van der Waals surface area contributed by atoms with Crippen molar-refractivity contribution in [3.05, 3.63) is 52.4 Å². The van der Waals surface area contributed by atoms with Gasteiger partial charge in [0, 0.05) is 0 Å². The zero-order chi connectivity index (χ0) is 66.1. The van der Waals surface area contributed by atoms with Crippen molar-refractivity contribution in [1.29, 1.82) is 0 Å². The van der Waals surface area contributed by atoms with Crippen LogP contribution in [0.2, 0.25) is 26.6 Å². The summed E-state index contributed by atoms with van der Waals surface area (Å²) in [5, 5.41) is 8.81. The number of rotatable bonds is 58. The van der Waals surface area contributed by atoms with Crippen LogP contribution >= 0.6 is 19.4 Å². The van der Waals surface area contributed by atoms with Gasteiger partial charge in [0.25, 0.3) is 0 Å². The maximum absolute atomic E-state index is 15.5. The number of unbranched alkanes of at least 4 members (excludes halogenated alkanes) is 30. The molecule has 0 aliphatic carbocycles. The molecule has 0 bridgehead atoms. The van der Waals surface area contributed by atoms with Gasteiger partial charge in [-0.2, -0.15) is 0 Å². The van der Waals surface area contributed by atoms with Crippen molar-refractivity contribution < 1.29 is 19.1 Å². The van der Waals surface area contributed by atoms with E-state index in [-0.39, 0.29) is 11.9 Å². The summed E-state index contributed by atoms with van der Waals surface area (Å²) in [4.78, 5) is 32.4. The molecule has 0 N–H and O–H groups in total. The fraction of sp³-hybridized carbons (Fsp3) is 0.762. The molecule has 2 heterocycles. The van der Waals surface area contributed by atoms with E-state index in [1.54, 1.807) is 2.89 Å². The summed E-state index contributed by atoms with van der Waals surface area (Å²) in [6.45, 7) is 24.7. The standard InChI is InChI=1S/C60H89O4S2.6C4H9.2Sn/c1-5-9-13-17-21-23-27-31-35-47(33-29-25-19-15-11-7-3)45-63-59(61)55-43-49-41-54-50(42-53(49)57-51(55)37-39-65-57)44-56(52-38-40-66-58(52)54)60(62)64-46-48(34-30-26-20-16-12-8-4)36-32-28-24-22-18-14-10-6-2;6*1-3-4-2;;/h37-39,41-44,47-48H,5-36,45-46H2,1-4H3;6*1,3-4H2,2H3;;/q;;;;;;;;-1/p+1. The van der Waals surface area contributed by atoms with E-state index in [0.29, 0.717) is 25.0 Å². The first kappa shape index (κ1) is 81.4. The van der Waals surface area contributed by atoms with Crippen LogP contribution in [-0.2, 0) is 9.47 Å². The first-order chi connectivity index (χ1) is 45.1. The van der Waals surface area contributed by atoms with Crippen molar-refractivity contribution in [3.8, 4) is 0 Å². The average molecular weight is 1520 g/mol. The number of benzene rings is 3. The third kappa shape index (κ3) is 26.8. The maximum atomic E-state index is 15.5. The molecule has 4 nitrogen and oxygen atoms in total. The zero-order valence-corrected chi connectivity index (χ0v) is 69.4. The van der Waals surface area contributed by atoms with Gasteiger partial charge < -0.3 is 0 Å². The minimum atomic E-state index is -3.01. The summed E-state index contributed by atoms with van der Waals surface area (Å²) in [6.07, 6.45) is 59.1. The summed E-state index contributed by atoms with van der Waals surface area (Å²) < 4.78 is 25.0. The molecule has 5 rings (SSSR count). The van der Waals surface area contributed by atoms with Gasteiger partial charge in [0.2, 0.25) is 0 Å². The van der Waals surface area contributed by atoms with E-state index < -0.39 is 43.5 Å². The van der Waals surface area contributed by atoms with Crippen molar-refractivity contribution in [1.82, 2.24) is 0 Å². The van der Waals surface area contributed by atoms with E-state index in [4.69, 9.17) is 9.47 Å². The second-order valence-electron chi connectivity index (χ2n) is 29.6. The van der Waals surface area contributed by atoms with Gasteiger partial charge in [-0.1, -0.05) is 130 Å². The molecule has 3 aromatic carbocycles. The first-order valence-electron chi connectivity index (χ1n) is 40.4. The summed E-state index contributed by atoms with van der Waals surface area (Å²) in [7, 11) is -0.572. The van der Waals surface area contributed by atoms with Crippen LogP contribution in [0.25, 0.3) is 37.7 Å². The van der Waals surface area contributed by atoms with E-state index in [2.05, 4.69) is 122 Å². The van der Waals surface area contributed by atoms with Crippen LogP contribution in [0.1, 0.15) is 378 Å². The third-order valence-corrected chi connectivity index (χ3v) is 71.0. The van der Waals surface area contributed by atoms with Gasteiger partial charge in [-0.05, 0) is 0 Å². The zero-order valence-electron chi connectivity index (χ0n) is 62.0. The summed E-state index contributed by atoms with van der Waals surface area (Å²) in [6, 6.07) is 12.2. The molecule has 0 saturated heterocycles. The van der Waals surface area contributed by atoms with Gasteiger partial charge in [-0.15, -0.1) is 0 Å². The molecule has 3 atom stereocenters. The SMILES string of the molecule is CCCCCCCCCCC(CCCCCCCC)COC(=O)c1cc2cc3c(cc(C(=O)OCC(CCCCCCCC)CCCCCCCCCC)c4c[c]([Sn]([CH2]CCC)([CH2]CCC)[CH2]CCC)sc43)cc2c2c1C=C[SH]2[Sn]([CH2]CCC)([CH2]CCC)[CH2]CCC. The normalized spacial score (nSPS) is 14.5. The Balaban J connectivity index is 1.70. The van der Waals surface area contributed by atoms with E-state index in [1.807, 2.05) is 0 Å². The average Bonchev–Trinajstić information content (AvgIpc) is 1.47. The number of hydrogen-bond acceptors (Lipinski definition) is 5. The van der Waals surface area contributed by atoms with Crippen LogP contribution in [0.5, 0.6) is 0 Å². The second kappa shape index (κ2) is 48.5. The van der Waals surface area contributed by atoms with Crippen LogP contribution in [0, 0.1) is 11.8 Å². The number of fused-ring (bicyclic) bond motifs is 6. The van der Waals surface area contributed by atoms with Crippen LogP contribution < -0.4 is 2.89 Å². The predicted molar refractivity (Wildman–Crippen MR) is 421 cm³/mol. The van der Waals surface area contributed by atoms with Crippen LogP contribution in [0.4, 0.5) is 0 Å². The summed E-state index contributed by atoms with van der Waals surface area (Å²) in [5.74, 6) is 0.592. The fourth-order valence-corrected chi connectivity index (χ4v) is 68.5. The number of esters is 2. The summed E-state index contributed by atoms with van der Waals surface area (Å²) >= 11 is -3.92. The predicted octanol–water partition coefficient (Wildman–Crippen LogP) is 29.1. The number of ether oxygens (including phenoxy) is 2. The monoisotopic (exact) mass is 1520 g/mol. The third-order valence-electron chi connectivity index (χ3n) is 21.8. The Morgan fingerprint density at radius 1 is 0.380 bits per heavy atom. The van der Waals surface area contributed by atoms with Crippen molar-refractivity contribution in [3.63, 3.8) is 0 Å². The van der Waals surface area contributed by atoms with E-state index in [1.165, 1.54) is 320 Å². The number of hydrogen-bond donors (Lipinski definition) is 1. The molecule has 1 aliphatic rings. The Morgan fingerprint density at radius 3 is 1.12 bits per heavy atom. The molecule has 3 unspecified atom stereocenters. The molecule has 0 saturated carbocycles. The molecule has 0 fully saturated rings. The second-order valence-corrected chi connectivity index (χ2v) is 68.1. The molecular weight excluding hydrogens is 1370 g/mol. The number of carbonyl (C=O) groups is 2. The van der Waals surface area contributed by atoms with Crippen LogP contribution in [0.15, 0.2) is 40.6 Å². The molecule has 0 radical (unpaired) electrons. The van der Waals surface area contributed by atoms with Gasteiger partial charge in [-0.3, -0.25) is 0 Å². The molecule has 92 heavy (non-hydrogen) atoms. The number of thiol groups is 1. The molecule has 1 aliphatic heterocycles. The Hall–Kier alpha value is -1.23. The van der Waals surface area contributed by atoms with Crippen molar-refractivity contribution in [2.24, 2.45) is 11.8 Å². The number of carbonyl (C=O) groups excluding carboxylic acids is 2. The van der Waals surface area contributed by atoms with Gasteiger partial charge in [-0.25, -0.2) is 0 Å². The van der Waals surface area contributed by atoms with E-state index in [9.17, 15) is 0 Å². The minimum absolute atomic E-state index is 0.106. The topological polar surface area (TPSA) is 52.6 Å². The molecule has 4 aromatic rings. The molecule has 8 heteroatoms. The summed E-state index contributed by atoms with van der Waals surface area (Å²) in [5.41, 5.74) is 2.77. The Labute approximate surface area is 582 Å². The Kier molecular flexibility index (Phi) is 42.9. The fourth-order valence-electron chi connectivity index (χ4n) is 15.7. The Morgan fingerprint density at radius 2 is 0.717 bits per heavy atom. The van der Waals surface area contributed by atoms with E-state index >= 15 is 9.59 Å². The van der Waals surface area contributed by atoms with Gasteiger partial charge in [0.15, 0.2) is 0 Å². The quantitative estimate of drug-likeness (QED) is 0.0157. The molecule has 524 valence electrons. The van der Waals surface area contributed by atoms with Crippen LogP contribution in [-0.4, -0.2) is 60.5 Å². The molecule has 1 aromatic heterocycles. The van der Waals surface area contributed by atoms with Gasteiger partial charge >= 0.3 is 457 Å². The molecule has 0 spiro atoms. The van der Waals surface area contributed by atoms with Crippen molar-refractivity contribution in [2.45, 2.75) is 383 Å². The molecule has 0 amide bonds. The van der Waals surface area contributed by atoms with Gasteiger partial charge in [0.1, 0.15) is 0 Å². The first-order valence-corrected chi connectivity index (χ1v) is 60.0. The van der Waals surface area contributed by atoms with Crippen molar-refractivity contribution in [2.75, 3.05) is 13.2 Å².